The van der Waals surface area contributed by atoms with Crippen LogP contribution in [-0.2, 0) is 6.54 Å². The second kappa shape index (κ2) is 7.45. The van der Waals surface area contributed by atoms with E-state index in [-0.39, 0.29) is 65.2 Å². The highest BCUT2D eigenvalue weighted by molar-refractivity contribution is 5.92. The van der Waals surface area contributed by atoms with Crippen LogP contribution in [0.3, 0.4) is 0 Å². The van der Waals surface area contributed by atoms with Crippen molar-refractivity contribution in [2.45, 2.75) is 13.5 Å². The first-order valence-corrected chi connectivity index (χ1v) is 7.81. The van der Waals surface area contributed by atoms with E-state index >= 15 is 0 Å². The Morgan fingerprint density at radius 2 is 1.81 bits per heavy atom. The standard InChI is InChI=1S/C19H23N5O3/c1-10-11(5-6-13-16(10)18(20)24-19(21)23-13)9-22-12-7-14(25-2)17(27-4)15(8-12)26-3/h5-8,22H,9H2,1-4H3,(H4,20,21,23,24)/i4D3,5D,6D,7D,8D. The number of aromatic nitrogens is 2. The fraction of sp³-hybridized carbons (Fsp3) is 0.263. The van der Waals surface area contributed by atoms with E-state index in [0.717, 1.165) is 0 Å². The summed E-state index contributed by atoms with van der Waals surface area (Å²) in [5.41, 5.74) is 12.6. The summed E-state index contributed by atoms with van der Waals surface area (Å²) in [6.45, 7) is 1.60. The van der Waals surface area contributed by atoms with E-state index in [1.165, 1.54) is 14.2 Å². The largest absolute Gasteiger partial charge is 0.493 e. The van der Waals surface area contributed by atoms with Gasteiger partial charge >= 0.3 is 0 Å². The van der Waals surface area contributed by atoms with Gasteiger partial charge in [0.1, 0.15) is 5.82 Å². The molecule has 142 valence electrons. The molecule has 0 radical (unpaired) electrons. The highest BCUT2D eigenvalue weighted by Gasteiger charge is 2.14. The van der Waals surface area contributed by atoms with Gasteiger partial charge in [-0.15, -0.1) is 0 Å². The van der Waals surface area contributed by atoms with E-state index in [9.17, 15) is 0 Å². The Hall–Kier alpha value is -3.42. The molecule has 1 aromatic heterocycles. The Morgan fingerprint density at radius 1 is 1.11 bits per heavy atom. The lowest BCUT2D eigenvalue weighted by atomic mass is 10.0. The van der Waals surface area contributed by atoms with Crippen LogP contribution in [0.25, 0.3) is 10.9 Å². The summed E-state index contributed by atoms with van der Waals surface area (Å²) in [7, 11) is -0.418. The lowest BCUT2D eigenvalue weighted by Gasteiger charge is -2.16. The average Bonchev–Trinajstić information content (AvgIpc) is 2.73. The summed E-state index contributed by atoms with van der Waals surface area (Å²) >= 11 is 0. The zero-order valence-corrected chi connectivity index (χ0v) is 15.0. The van der Waals surface area contributed by atoms with Crippen molar-refractivity contribution in [3.05, 3.63) is 35.3 Å². The Kier molecular flexibility index (Phi) is 3.12. The lowest BCUT2D eigenvalue weighted by molar-refractivity contribution is 0.324. The third kappa shape index (κ3) is 3.46. The molecule has 0 atom stereocenters. The molecule has 27 heavy (non-hydrogen) atoms. The zero-order valence-electron chi connectivity index (χ0n) is 22.0. The normalized spacial score (nSPS) is 14.9. The number of fused-ring (bicyclic) bond motifs is 1. The van der Waals surface area contributed by atoms with Crippen LogP contribution in [0.2, 0.25) is 0 Å². The topological polar surface area (TPSA) is 118 Å². The maximum absolute atomic E-state index is 8.45. The number of nitrogens with two attached hydrogens (primary N) is 2. The van der Waals surface area contributed by atoms with Crippen molar-refractivity contribution in [3.8, 4) is 17.2 Å². The Bertz CT molecular complexity index is 1250. The van der Waals surface area contributed by atoms with Crippen LogP contribution in [-0.4, -0.2) is 31.2 Å². The van der Waals surface area contributed by atoms with Gasteiger partial charge in [0, 0.05) is 29.7 Å². The van der Waals surface area contributed by atoms with Crippen LogP contribution in [0, 0.1) is 6.92 Å². The number of nitrogens with zero attached hydrogens (tertiary/aromatic N) is 2. The lowest BCUT2D eigenvalue weighted by Crippen LogP contribution is -2.06. The van der Waals surface area contributed by atoms with Crippen molar-refractivity contribution in [2.75, 3.05) is 38.0 Å². The van der Waals surface area contributed by atoms with Crippen LogP contribution in [0.15, 0.2) is 24.2 Å². The molecule has 3 aromatic rings. The van der Waals surface area contributed by atoms with Gasteiger partial charge in [-0.05, 0) is 24.1 Å². The summed E-state index contributed by atoms with van der Waals surface area (Å²) < 4.78 is 71.0. The molecule has 0 fully saturated rings. The third-order valence-corrected chi connectivity index (χ3v) is 3.96. The first-order chi connectivity index (χ1) is 15.8. The third-order valence-electron chi connectivity index (χ3n) is 3.96. The van der Waals surface area contributed by atoms with E-state index in [2.05, 4.69) is 15.3 Å². The summed E-state index contributed by atoms with van der Waals surface area (Å²) in [4.78, 5) is 7.97. The van der Waals surface area contributed by atoms with E-state index in [0.29, 0.717) is 16.5 Å². The number of aryl methyl sites for hydroxylation is 1. The number of nitrogens with one attached hydrogen (secondary N) is 1. The van der Waals surface area contributed by atoms with E-state index < -0.39 is 12.8 Å². The molecule has 0 saturated heterocycles. The number of benzene rings is 2. The van der Waals surface area contributed by atoms with Crippen LogP contribution in [0.5, 0.6) is 17.2 Å². The second-order valence-corrected chi connectivity index (χ2v) is 5.52. The molecule has 0 aliphatic rings. The second-order valence-electron chi connectivity index (χ2n) is 5.52. The van der Waals surface area contributed by atoms with Gasteiger partial charge in [-0.25, -0.2) is 4.98 Å². The number of ether oxygens (including phenoxy) is 3. The van der Waals surface area contributed by atoms with Crippen molar-refractivity contribution in [2.24, 2.45) is 0 Å². The number of rotatable bonds is 6. The van der Waals surface area contributed by atoms with E-state index in [1.807, 2.05) is 0 Å². The highest BCUT2D eigenvalue weighted by atomic mass is 16.5. The van der Waals surface area contributed by atoms with Crippen molar-refractivity contribution in [1.82, 2.24) is 9.97 Å². The smallest absolute Gasteiger partial charge is 0.222 e. The van der Waals surface area contributed by atoms with Gasteiger partial charge < -0.3 is 31.0 Å². The molecule has 0 aliphatic carbocycles. The van der Waals surface area contributed by atoms with Crippen molar-refractivity contribution < 1.29 is 23.8 Å². The molecule has 0 spiro atoms. The van der Waals surface area contributed by atoms with Gasteiger partial charge in [-0.3, -0.25) is 0 Å². The maximum atomic E-state index is 8.45. The molecule has 0 amide bonds. The zero-order chi connectivity index (χ0) is 25.5. The first-order valence-electron chi connectivity index (χ1n) is 11.3. The molecule has 0 unspecified atom stereocenters. The summed E-state index contributed by atoms with van der Waals surface area (Å²) in [6, 6.07) is -1.04. The molecule has 3 rings (SSSR count). The predicted molar refractivity (Wildman–Crippen MR) is 107 cm³/mol. The van der Waals surface area contributed by atoms with Crippen molar-refractivity contribution in [3.63, 3.8) is 0 Å². The summed E-state index contributed by atoms with van der Waals surface area (Å²) in [5.74, 6) is -0.945. The number of nitrogen functional groups attached to an aromatic ring is 2. The molecule has 5 N–H and O–H groups in total. The Balaban J connectivity index is 2.13. The molecule has 0 saturated carbocycles. The SMILES string of the molecule is [2H]c1c(NCc2c([2H])c([2H])c3nc(N)nc(N)c3c2C)c([2H])c(OC)c(OC([2H])([2H])[2H])c1OC. The quantitative estimate of drug-likeness (QED) is 0.601. The Labute approximate surface area is 167 Å². The monoisotopic (exact) mass is 376 g/mol. The van der Waals surface area contributed by atoms with Crippen molar-refractivity contribution in [1.29, 1.82) is 0 Å². The average molecular weight is 376 g/mol. The summed E-state index contributed by atoms with van der Waals surface area (Å²) in [5, 5.41) is 3.28. The minimum Gasteiger partial charge on any atom is -0.493 e. The number of hydrogen-bond acceptors (Lipinski definition) is 8. The predicted octanol–water partition coefficient (Wildman–Crippen LogP) is 2.74. The van der Waals surface area contributed by atoms with E-state index in [4.69, 9.17) is 35.3 Å². The highest BCUT2D eigenvalue weighted by Crippen LogP contribution is 2.40. The molecular formula is C19H23N5O3. The van der Waals surface area contributed by atoms with Crippen molar-refractivity contribution >= 4 is 28.4 Å². The van der Waals surface area contributed by atoms with Gasteiger partial charge in [-0.1, -0.05) is 6.04 Å². The molecule has 0 bridgehead atoms. The molecule has 0 aliphatic heterocycles. The molecule has 8 heteroatoms. The minimum absolute atomic E-state index is 0.0569. The van der Waals surface area contributed by atoms with Crippen LogP contribution >= 0.6 is 0 Å². The molecule has 8 nitrogen and oxygen atoms in total. The molecule has 1 heterocycles. The Morgan fingerprint density at radius 3 is 2.44 bits per heavy atom. The van der Waals surface area contributed by atoms with Gasteiger partial charge in [0.05, 0.1) is 36.4 Å². The number of anilines is 3. The molecule has 2 aromatic carbocycles. The summed E-state index contributed by atoms with van der Waals surface area (Å²) in [6.07, 6.45) is 0. The molecular weight excluding hydrogens is 346 g/mol. The van der Waals surface area contributed by atoms with Crippen LogP contribution < -0.4 is 31.0 Å². The van der Waals surface area contributed by atoms with Gasteiger partial charge in [-0.2, -0.15) is 4.98 Å². The minimum atomic E-state index is -2.87. The number of hydrogen-bond donors (Lipinski definition) is 3. The van der Waals surface area contributed by atoms with E-state index in [1.54, 1.807) is 6.92 Å². The first kappa shape index (κ1) is 11.3. The van der Waals surface area contributed by atoms with Crippen LogP contribution in [0.1, 0.15) is 20.7 Å². The van der Waals surface area contributed by atoms with Gasteiger partial charge in [0.25, 0.3) is 0 Å². The van der Waals surface area contributed by atoms with Gasteiger partial charge in [0.15, 0.2) is 11.5 Å². The van der Waals surface area contributed by atoms with Crippen LogP contribution in [0.4, 0.5) is 17.5 Å². The fourth-order valence-corrected chi connectivity index (χ4v) is 2.63. The van der Waals surface area contributed by atoms with Gasteiger partial charge in [0.2, 0.25) is 11.7 Å². The fourth-order valence-electron chi connectivity index (χ4n) is 2.63. The number of methoxy groups -OCH3 is 3. The maximum Gasteiger partial charge on any atom is 0.222 e.